The first kappa shape index (κ1) is 48.2. The number of carbonyl (C=O) groups excluding carboxylic acids is 1. The zero-order valence-corrected chi connectivity index (χ0v) is 27.4. The van der Waals surface area contributed by atoms with Crippen molar-refractivity contribution in [2.24, 2.45) is 5.92 Å². The van der Waals surface area contributed by atoms with Crippen LogP contribution in [0.1, 0.15) is 54.7 Å². The molecular weight excluding hydrogens is 762 g/mol. The van der Waals surface area contributed by atoms with Crippen LogP contribution in [-0.4, -0.2) is 104 Å². The van der Waals surface area contributed by atoms with Gasteiger partial charge in [0.1, 0.15) is 0 Å². The molecule has 1 fully saturated rings. The van der Waals surface area contributed by atoms with Crippen LogP contribution in [0, 0.1) is 5.92 Å². The van der Waals surface area contributed by atoms with E-state index in [0.29, 0.717) is 0 Å². The molecule has 2 aliphatic rings. The highest BCUT2D eigenvalue weighted by atomic mass is 19.4. The zero-order valence-electron chi connectivity index (χ0n) is 27.4. The van der Waals surface area contributed by atoms with Gasteiger partial charge >= 0.3 is 48.6 Å². The predicted octanol–water partition coefficient (Wildman–Crippen LogP) is 6.10. The maximum atomic E-state index is 13.0. The standard InChI is InChI=1S/C21H29N3O.4C2HF3O2/c1-3-10-24-19-5-4-16(21(25)23-11-7-15(2)8-12-23)13-17(19)18-14-22-9-6-20(18)24;4*3-2(4,5)1(6)7/h4-5,13,15,22H,3,6-12,14H2,1-2H3;4*(H,6,7). The van der Waals surface area contributed by atoms with Gasteiger partial charge in [-0.2, -0.15) is 52.7 Å². The molecule has 5 N–H and O–H groups in total. The number of aromatic nitrogens is 1. The summed E-state index contributed by atoms with van der Waals surface area (Å²) in [7, 11) is 0. The van der Waals surface area contributed by atoms with E-state index in [1.165, 1.54) is 22.2 Å². The van der Waals surface area contributed by atoms with E-state index in [-0.39, 0.29) is 5.91 Å². The number of benzene rings is 1. The maximum Gasteiger partial charge on any atom is 0.490 e. The van der Waals surface area contributed by atoms with Gasteiger partial charge in [-0.05, 0) is 48.9 Å². The number of rotatable bonds is 3. The van der Waals surface area contributed by atoms with Crippen LogP contribution in [0.15, 0.2) is 18.2 Å². The van der Waals surface area contributed by atoms with Crippen LogP contribution < -0.4 is 5.32 Å². The molecule has 0 unspecified atom stereocenters. The summed E-state index contributed by atoms with van der Waals surface area (Å²) in [5.74, 6) is -10.1. The second-order valence-corrected chi connectivity index (χ2v) is 10.9. The van der Waals surface area contributed by atoms with Gasteiger partial charge in [0, 0.05) is 61.3 Å². The highest BCUT2D eigenvalue weighted by Gasteiger charge is 2.40. The summed E-state index contributed by atoms with van der Waals surface area (Å²) in [5, 5.41) is 33.3. The van der Waals surface area contributed by atoms with Crippen molar-refractivity contribution in [1.82, 2.24) is 14.8 Å². The zero-order chi connectivity index (χ0) is 41.7. The number of hydrogen-bond donors (Lipinski definition) is 5. The first-order valence-electron chi connectivity index (χ1n) is 14.8. The molecule has 2 aliphatic heterocycles. The van der Waals surface area contributed by atoms with Gasteiger partial charge in [-0.3, -0.25) is 4.79 Å². The number of carboxylic acid groups (broad SMARTS) is 4. The number of fused-ring (bicyclic) bond motifs is 3. The van der Waals surface area contributed by atoms with Gasteiger partial charge in [-0.15, -0.1) is 0 Å². The summed E-state index contributed by atoms with van der Waals surface area (Å²) in [5.41, 5.74) is 5.01. The summed E-state index contributed by atoms with van der Waals surface area (Å²) in [6, 6.07) is 6.35. The molecule has 12 nitrogen and oxygen atoms in total. The monoisotopic (exact) mass is 795 g/mol. The number of halogens is 12. The van der Waals surface area contributed by atoms with Crippen LogP contribution in [-0.2, 0) is 38.7 Å². The molecule has 302 valence electrons. The minimum Gasteiger partial charge on any atom is -0.475 e. The summed E-state index contributed by atoms with van der Waals surface area (Å²) >= 11 is 0. The van der Waals surface area contributed by atoms with Gasteiger partial charge in [0.25, 0.3) is 5.91 Å². The average molecular weight is 796 g/mol. The molecule has 3 heterocycles. The molecule has 0 spiro atoms. The van der Waals surface area contributed by atoms with Gasteiger partial charge in [-0.1, -0.05) is 13.8 Å². The molecule has 53 heavy (non-hydrogen) atoms. The maximum absolute atomic E-state index is 13.0. The Bertz CT molecular complexity index is 1460. The van der Waals surface area contributed by atoms with E-state index < -0.39 is 48.6 Å². The Balaban J connectivity index is 0.000000791. The van der Waals surface area contributed by atoms with E-state index in [1.807, 2.05) is 11.0 Å². The van der Waals surface area contributed by atoms with Crippen LogP contribution in [0.2, 0.25) is 0 Å². The average Bonchev–Trinajstić information content (AvgIpc) is 3.33. The van der Waals surface area contributed by atoms with Crippen molar-refractivity contribution in [3.05, 3.63) is 35.0 Å². The van der Waals surface area contributed by atoms with Gasteiger partial charge < -0.3 is 35.2 Å². The van der Waals surface area contributed by atoms with E-state index in [2.05, 4.69) is 35.9 Å². The Morgan fingerprint density at radius 1 is 0.736 bits per heavy atom. The van der Waals surface area contributed by atoms with Gasteiger partial charge in [-0.25, -0.2) is 19.2 Å². The van der Waals surface area contributed by atoms with Crippen molar-refractivity contribution >= 4 is 40.7 Å². The lowest BCUT2D eigenvalue weighted by Crippen LogP contribution is -2.37. The number of nitrogens with one attached hydrogen (secondary N) is 1. The molecule has 4 rings (SSSR count). The predicted molar refractivity (Wildman–Crippen MR) is 157 cm³/mol. The fourth-order valence-corrected chi connectivity index (χ4v) is 4.39. The first-order chi connectivity index (χ1) is 24.0. The van der Waals surface area contributed by atoms with E-state index in [1.54, 1.807) is 0 Å². The van der Waals surface area contributed by atoms with E-state index >= 15 is 0 Å². The molecule has 0 saturated carbocycles. The molecule has 0 radical (unpaired) electrons. The van der Waals surface area contributed by atoms with E-state index in [4.69, 9.17) is 39.6 Å². The summed E-state index contributed by atoms with van der Waals surface area (Å²) < 4.78 is 129. The van der Waals surface area contributed by atoms with Crippen LogP contribution in [0.5, 0.6) is 0 Å². The lowest BCUT2D eigenvalue weighted by molar-refractivity contribution is -0.193. The lowest BCUT2D eigenvalue weighted by atomic mass is 9.98. The number of hydrogen-bond acceptors (Lipinski definition) is 6. The summed E-state index contributed by atoms with van der Waals surface area (Å²) in [6.07, 6.45) is -15.9. The van der Waals surface area contributed by atoms with Crippen LogP contribution in [0.4, 0.5) is 52.7 Å². The number of piperidine rings is 1. The SMILES string of the molecule is CCCn1c2c(c3cc(C(=O)N4CCC(C)CC4)ccc31)CNCC2.O=C(O)C(F)(F)F.O=C(O)C(F)(F)F.O=C(O)C(F)(F)F.O=C(O)C(F)(F)F. The van der Waals surface area contributed by atoms with Crippen LogP contribution >= 0.6 is 0 Å². The third kappa shape index (κ3) is 16.6. The topological polar surface area (TPSA) is 186 Å². The second kappa shape index (κ2) is 19.9. The van der Waals surface area contributed by atoms with Crippen LogP contribution in [0.25, 0.3) is 10.9 Å². The number of alkyl halides is 12. The number of carbonyl (C=O) groups is 5. The third-order valence-electron chi connectivity index (χ3n) is 6.86. The molecule has 1 aromatic heterocycles. The number of carboxylic acids is 4. The Morgan fingerprint density at radius 3 is 1.49 bits per heavy atom. The molecule has 1 saturated heterocycles. The number of aliphatic carboxylic acids is 4. The van der Waals surface area contributed by atoms with Crippen molar-refractivity contribution in [1.29, 1.82) is 0 Å². The summed E-state index contributed by atoms with van der Waals surface area (Å²) in [6.45, 7) is 9.33. The smallest absolute Gasteiger partial charge is 0.475 e. The Kier molecular flexibility index (Phi) is 18.1. The lowest BCUT2D eigenvalue weighted by Gasteiger charge is -2.30. The molecule has 0 aliphatic carbocycles. The molecular formula is C29H33F12N3O9. The minimum atomic E-state index is -5.08. The Labute approximate surface area is 290 Å². The van der Waals surface area contributed by atoms with Crippen molar-refractivity contribution in [3.8, 4) is 0 Å². The van der Waals surface area contributed by atoms with Crippen molar-refractivity contribution < 1.29 is 97.1 Å². The highest BCUT2D eigenvalue weighted by molar-refractivity contribution is 5.99. The highest BCUT2D eigenvalue weighted by Crippen LogP contribution is 2.31. The largest absolute Gasteiger partial charge is 0.490 e. The number of nitrogens with zero attached hydrogens (tertiary/aromatic N) is 2. The minimum absolute atomic E-state index is 0.203. The normalized spacial score (nSPS) is 14.7. The fourth-order valence-electron chi connectivity index (χ4n) is 4.39. The van der Waals surface area contributed by atoms with Gasteiger partial charge in [0.15, 0.2) is 0 Å². The second-order valence-electron chi connectivity index (χ2n) is 10.9. The number of likely N-dealkylation sites (tertiary alicyclic amines) is 1. The molecule has 1 amide bonds. The molecule has 2 aromatic rings. The van der Waals surface area contributed by atoms with Crippen molar-refractivity contribution in [2.45, 2.75) is 77.3 Å². The summed E-state index contributed by atoms with van der Waals surface area (Å²) in [4.78, 5) is 50.6. The molecule has 0 bridgehead atoms. The fraction of sp³-hybridized carbons (Fsp3) is 0.552. The molecule has 0 atom stereocenters. The molecule has 1 aromatic carbocycles. The first-order valence-corrected chi connectivity index (χ1v) is 14.8. The van der Waals surface area contributed by atoms with E-state index in [9.17, 15) is 57.5 Å². The van der Waals surface area contributed by atoms with Crippen molar-refractivity contribution in [2.75, 3.05) is 19.6 Å². The third-order valence-corrected chi connectivity index (χ3v) is 6.86. The Morgan fingerprint density at radius 2 is 1.13 bits per heavy atom. The van der Waals surface area contributed by atoms with Crippen LogP contribution in [0.3, 0.4) is 0 Å². The quantitative estimate of drug-likeness (QED) is 0.227. The number of aryl methyl sites for hydroxylation is 1. The van der Waals surface area contributed by atoms with Gasteiger partial charge in [0.2, 0.25) is 0 Å². The molecule has 24 heteroatoms. The number of amides is 1. The van der Waals surface area contributed by atoms with E-state index in [0.717, 1.165) is 69.9 Å². The van der Waals surface area contributed by atoms with Gasteiger partial charge in [0.05, 0.1) is 0 Å². The van der Waals surface area contributed by atoms with Crippen molar-refractivity contribution in [3.63, 3.8) is 0 Å². The Hall–Kier alpha value is -4.77.